The van der Waals surface area contributed by atoms with Crippen LogP contribution >= 0.6 is 12.2 Å². The van der Waals surface area contributed by atoms with Crippen LogP contribution in [0.25, 0.3) is 11.4 Å². The maximum Gasteiger partial charge on any atom is 0.142 e. The first kappa shape index (κ1) is 9.15. The molecule has 0 unspecified atom stereocenters. The normalized spacial score (nSPS) is 10.4. The number of rotatable bonds is 2. The van der Waals surface area contributed by atoms with Crippen molar-refractivity contribution >= 4 is 12.2 Å². The first-order valence-corrected chi connectivity index (χ1v) is 4.83. The first-order valence-electron chi connectivity index (χ1n) is 4.42. The van der Waals surface area contributed by atoms with Crippen molar-refractivity contribution in [3.8, 4) is 11.4 Å². The van der Waals surface area contributed by atoms with Crippen molar-refractivity contribution < 1.29 is 4.42 Å². The number of nitrogens with one attached hydrogen (secondary N) is 1. The van der Waals surface area contributed by atoms with Crippen molar-refractivity contribution in [3.63, 3.8) is 0 Å². The Kier molecular flexibility index (Phi) is 2.45. The van der Waals surface area contributed by atoms with E-state index in [0.29, 0.717) is 4.64 Å². The van der Waals surface area contributed by atoms with Gasteiger partial charge >= 0.3 is 0 Å². The lowest BCUT2D eigenvalue weighted by atomic mass is 10.3. The Hall–Kier alpha value is -1.42. The largest absolute Gasteiger partial charge is 0.472 e. The Morgan fingerprint density at radius 2 is 2.43 bits per heavy atom. The van der Waals surface area contributed by atoms with Crippen molar-refractivity contribution in [1.29, 1.82) is 0 Å². The van der Waals surface area contributed by atoms with Gasteiger partial charge in [0.25, 0.3) is 0 Å². The molecule has 0 saturated heterocycles. The van der Waals surface area contributed by atoms with Crippen molar-refractivity contribution in [2.75, 3.05) is 0 Å². The summed E-state index contributed by atoms with van der Waals surface area (Å²) < 4.78 is 5.60. The van der Waals surface area contributed by atoms with Gasteiger partial charge in [-0.05, 0) is 18.6 Å². The Balaban J connectivity index is 2.54. The molecule has 2 heterocycles. The van der Waals surface area contributed by atoms with Crippen LogP contribution < -0.4 is 0 Å². The fourth-order valence-corrected chi connectivity index (χ4v) is 1.47. The van der Waals surface area contributed by atoms with Gasteiger partial charge in [-0.2, -0.15) is 0 Å². The Bertz CT molecular complexity index is 473. The molecule has 0 saturated carbocycles. The Morgan fingerprint density at radius 3 is 3.07 bits per heavy atom. The minimum atomic E-state index is 0.608. The molecule has 4 heteroatoms. The Morgan fingerprint density at radius 1 is 1.57 bits per heavy atom. The average molecular weight is 206 g/mol. The second-order valence-corrected chi connectivity index (χ2v) is 3.38. The van der Waals surface area contributed by atoms with Gasteiger partial charge in [0.2, 0.25) is 0 Å². The molecule has 72 valence electrons. The summed E-state index contributed by atoms with van der Waals surface area (Å²) in [5, 5.41) is 0. The molecule has 2 rings (SSSR count). The molecule has 2 aromatic rings. The highest BCUT2D eigenvalue weighted by Crippen LogP contribution is 2.15. The predicted octanol–water partition coefficient (Wildman–Crippen LogP) is 2.96. The second-order valence-electron chi connectivity index (χ2n) is 2.96. The molecular weight excluding hydrogens is 196 g/mol. The van der Waals surface area contributed by atoms with E-state index in [-0.39, 0.29) is 0 Å². The van der Waals surface area contributed by atoms with E-state index in [2.05, 4.69) is 16.9 Å². The molecule has 0 amide bonds. The molecule has 0 aromatic carbocycles. The lowest BCUT2D eigenvalue weighted by Crippen LogP contribution is -1.93. The average Bonchev–Trinajstić information content (AvgIpc) is 2.69. The van der Waals surface area contributed by atoms with E-state index in [1.54, 1.807) is 12.5 Å². The molecule has 1 N–H and O–H groups in total. The van der Waals surface area contributed by atoms with Crippen LogP contribution in [-0.2, 0) is 6.42 Å². The first-order chi connectivity index (χ1) is 6.79. The minimum Gasteiger partial charge on any atom is -0.472 e. The number of aromatic amines is 1. The van der Waals surface area contributed by atoms with Gasteiger partial charge in [0.1, 0.15) is 16.7 Å². The van der Waals surface area contributed by atoms with E-state index in [1.807, 2.05) is 12.1 Å². The molecule has 0 aliphatic rings. The van der Waals surface area contributed by atoms with Gasteiger partial charge in [-0.3, -0.25) is 0 Å². The number of hydrogen-bond acceptors (Lipinski definition) is 3. The van der Waals surface area contributed by atoms with E-state index in [4.69, 9.17) is 16.6 Å². The van der Waals surface area contributed by atoms with E-state index in [1.165, 1.54) is 0 Å². The highest BCUT2D eigenvalue weighted by molar-refractivity contribution is 7.71. The fourth-order valence-electron chi connectivity index (χ4n) is 1.23. The van der Waals surface area contributed by atoms with Gasteiger partial charge in [0.05, 0.1) is 11.8 Å². The van der Waals surface area contributed by atoms with Gasteiger partial charge in [-0.15, -0.1) is 0 Å². The zero-order valence-electron chi connectivity index (χ0n) is 7.78. The van der Waals surface area contributed by atoms with Crippen molar-refractivity contribution in [2.45, 2.75) is 13.3 Å². The number of aryl methyl sites for hydroxylation is 1. The SMILES string of the molecule is CCc1cc(=S)nc(-c2ccoc2)[nH]1. The van der Waals surface area contributed by atoms with Gasteiger partial charge < -0.3 is 9.40 Å². The van der Waals surface area contributed by atoms with Gasteiger partial charge in [-0.25, -0.2) is 4.98 Å². The molecule has 0 bridgehead atoms. The second kappa shape index (κ2) is 3.75. The molecule has 2 aromatic heterocycles. The van der Waals surface area contributed by atoms with Crippen LogP contribution in [0.1, 0.15) is 12.6 Å². The lowest BCUT2D eigenvalue weighted by Gasteiger charge is -2.00. The number of nitrogens with zero attached hydrogens (tertiary/aromatic N) is 1. The van der Waals surface area contributed by atoms with Gasteiger partial charge in [0, 0.05) is 5.69 Å². The third-order valence-electron chi connectivity index (χ3n) is 1.97. The van der Waals surface area contributed by atoms with Crippen LogP contribution in [-0.4, -0.2) is 9.97 Å². The van der Waals surface area contributed by atoms with E-state index < -0.39 is 0 Å². The third-order valence-corrected chi connectivity index (χ3v) is 2.18. The molecule has 0 aliphatic carbocycles. The lowest BCUT2D eigenvalue weighted by molar-refractivity contribution is 0.568. The summed E-state index contributed by atoms with van der Waals surface area (Å²) in [5.74, 6) is 0.767. The van der Waals surface area contributed by atoms with E-state index >= 15 is 0 Å². The Labute approximate surface area is 86.8 Å². The highest BCUT2D eigenvalue weighted by atomic mass is 32.1. The number of aromatic nitrogens is 2. The van der Waals surface area contributed by atoms with Crippen LogP contribution in [0.2, 0.25) is 0 Å². The summed E-state index contributed by atoms with van der Waals surface area (Å²) in [7, 11) is 0. The van der Waals surface area contributed by atoms with Gasteiger partial charge in [-0.1, -0.05) is 19.1 Å². The third kappa shape index (κ3) is 1.75. The summed E-state index contributed by atoms with van der Waals surface area (Å²) in [4.78, 5) is 7.42. The fraction of sp³-hybridized carbons (Fsp3) is 0.200. The van der Waals surface area contributed by atoms with Gasteiger partial charge in [0.15, 0.2) is 0 Å². The van der Waals surface area contributed by atoms with Crippen LogP contribution in [0.4, 0.5) is 0 Å². The van der Waals surface area contributed by atoms with Crippen LogP contribution in [0.15, 0.2) is 29.1 Å². The monoisotopic (exact) mass is 206 g/mol. The summed E-state index contributed by atoms with van der Waals surface area (Å²) >= 11 is 5.07. The summed E-state index contributed by atoms with van der Waals surface area (Å²) in [6.45, 7) is 2.07. The quantitative estimate of drug-likeness (QED) is 0.768. The number of furan rings is 1. The van der Waals surface area contributed by atoms with Crippen molar-refractivity contribution in [2.24, 2.45) is 0 Å². The predicted molar refractivity (Wildman–Crippen MR) is 56.5 cm³/mol. The summed E-state index contributed by atoms with van der Waals surface area (Å²) in [6.07, 6.45) is 4.18. The minimum absolute atomic E-state index is 0.608. The van der Waals surface area contributed by atoms with E-state index in [0.717, 1.165) is 23.5 Å². The standard InChI is InChI=1S/C10H10N2OS/c1-2-8-5-9(14)12-10(11-8)7-3-4-13-6-7/h3-6H,2H2,1H3,(H,11,12,14). The molecule has 3 nitrogen and oxygen atoms in total. The van der Waals surface area contributed by atoms with Crippen LogP contribution in [0.5, 0.6) is 0 Å². The summed E-state index contributed by atoms with van der Waals surface area (Å²) in [6, 6.07) is 3.73. The number of H-pyrrole nitrogens is 1. The van der Waals surface area contributed by atoms with Crippen LogP contribution in [0, 0.1) is 4.64 Å². The molecule has 0 spiro atoms. The molecule has 0 radical (unpaired) electrons. The zero-order valence-corrected chi connectivity index (χ0v) is 8.60. The highest BCUT2D eigenvalue weighted by Gasteiger charge is 2.02. The summed E-state index contributed by atoms with van der Waals surface area (Å²) in [5.41, 5.74) is 2.01. The van der Waals surface area contributed by atoms with Crippen molar-refractivity contribution in [1.82, 2.24) is 9.97 Å². The smallest absolute Gasteiger partial charge is 0.142 e. The molecule has 14 heavy (non-hydrogen) atoms. The zero-order chi connectivity index (χ0) is 9.97. The van der Waals surface area contributed by atoms with E-state index in [9.17, 15) is 0 Å². The molecule has 0 atom stereocenters. The van der Waals surface area contributed by atoms with Crippen molar-refractivity contribution in [3.05, 3.63) is 35.0 Å². The molecular formula is C10H10N2OS. The molecule has 0 aliphatic heterocycles. The topological polar surface area (TPSA) is 41.8 Å². The number of hydrogen-bond donors (Lipinski definition) is 1. The maximum absolute atomic E-state index is 5.07. The maximum atomic E-state index is 5.07. The molecule has 0 fully saturated rings. The van der Waals surface area contributed by atoms with Crippen LogP contribution in [0.3, 0.4) is 0 Å².